The van der Waals surface area contributed by atoms with Gasteiger partial charge >= 0.3 is 5.97 Å². The summed E-state index contributed by atoms with van der Waals surface area (Å²) < 4.78 is 31.0. The third-order valence-corrected chi connectivity index (χ3v) is 2.68. The molecule has 1 aliphatic carbocycles. The molecule has 1 aliphatic rings. The summed E-state index contributed by atoms with van der Waals surface area (Å²) >= 11 is 0. The fraction of sp³-hybridized carbons (Fsp3) is 0.545. The Morgan fingerprint density at radius 3 is 3.06 bits per heavy atom. The van der Waals surface area contributed by atoms with Crippen molar-refractivity contribution in [3.8, 4) is 0 Å². The summed E-state index contributed by atoms with van der Waals surface area (Å²) in [6.45, 7) is 1.98. The minimum atomic E-state index is -2.66. The van der Waals surface area contributed by atoms with Crippen LogP contribution >= 0.6 is 0 Å². The Bertz CT molecular complexity index is 412. The Balaban J connectivity index is 2.21. The molecule has 88 valence electrons. The number of H-pyrrole nitrogens is 1. The van der Waals surface area contributed by atoms with Gasteiger partial charge in [-0.25, -0.2) is 13.6 Å². The summed E-state index contributed by atoms with van der Waals surface area (Å²) in [5.41, 5.74) is 1.53. The van der Waals surface area contributed by atoms with E-state index in [1.165, 1.54) is 0 Å². The number of hydrogen-bond acceptors (Lipinski definition) is 2. The van der Waals surface area contributed by atoms with Crippen LogP contribution in [0.3, 0.4) is 0 Å². The minimum Gasteiger partial charge on any atom is -0.461 e. The number of carbonyl (C=O) groups is 1. The van der Waals surface area contributed by atoms with Crippen molar-refractivity contribution in [2.75, 3.05) is 6.61 Å². The Hall–Kier alpha value is -1.39. The van der Waals surface area contributed by atoms with Crippen molar-refractivity contribution in [3.63, 3.8) is 0 Å². The lowest BCUT2D eigenvalue weighted by molar-refractivity contribution is -0.0131. The molecular formula is C11H13F2NO2. The van der Waals surface area contributed by atoms with E-state index in [9.17, 15) is 13.6 Å². The molecule has 0 spiro atoms. The summed E-state index contributed by atoms with van der Waals surface area (Å²) in [5, 5.41) is 0. The number of hydrogen-bond donors (Lipinski definition) is 1. The maximum absolute atomic E-state index is 13.1. The first-order chi connectivity index (χ1) is 7.52. The first-order valence-electron chi connectivity index (χ1n) is 5.27. The van der Waals surface area contributed by atoms with Crippen LogP contribution in [0.5, 0.6) is 0 Å². The van der Waals surface area contributed by atoms with Crippen LogP contribution in [0.25, 0.3) is 0 Å². The monoisotopic (exact) mass is 229 g/mol. The SMILES string of the molecule is CCOC(=O)c1cc2c([nH]1)CC(F)(F)CC2. The predicted octanol–water partition coefficient (Wildman–Crippen LogP) is 2.32. The zero-order valence-corrected chi connectivity index (χ0v) is 8.98. The molecule has 1 heterocycles. The highest BCUT2D eigenvalue weighted by atomic mass is 19.3. The highest BCUT2D eigenvalue weighted by Gasteiger charge is 2.35. The predicted molar refractivity (Wildman–Crippen MR) is 53.7 cm³/mol. The number of carbonyl (C=O) groups excluding carboxylic acids is 1. The van der Waals surface area contributed by atoms with Crippen LogP contribution in [0.15, 0.2) is 6.07 Å². The summed E-state index contributed by atoms with van der Waals surface area (Å²) in [7, 11) is 0. The molecule has 0 bridgehead atoms. The molecule has 0 radical (unpaired) electrons. The molecule has 5 heteroatoms. The van der Waals surface area contributed by atoms with Crippen LogP contribution < -0.4 is 0 Å². The number of fused-ring (bicyclic) bond motifs is 1. The lowest BCUT2D eigenvalue weighted by Gasteiger charge is -2.21. The van der Waals surface area contributed by atoms with Gasteiger partial charge in [-0.15, -0.1) is 0 Å². The molecule has 0 amide bonds. The molecular weight excluding hydrogens is 216 g/mol. The highest BCUT2D eigenvalue weighted by Crippen LogP contribution is 2.32. The first kappa shape index (κ1) is 11.1. The average molecular weight is 229 g/mol. The van der Waals surface area contributed by atoms with E-state index in [1.54, 1.807) is 13.0 Å². The molecule has 0 atom stereocenters. The molecule has 2 rings (SSSR count). The van der Waals surface area contributed by atoms with E-state index in [1.807, 2.05) is 0 Å². The topological polar surface area (TPSA) is 42.1 Å². The average Bonchev–Trinajstić information content (AvgIpc) is 2.59. The van der Waals surface area contributed by atoms with Crippen LogP contribution in [0.1, 0.15) is 35.1 Å². The third-order valence-electron chi connectivity index (χ3n) is 2.68. The van der Waals surface area contributed by atoms with Gasteiger partial charge in [0.25, 0.3) is 5.92 Å². The number of halogens is 2. The molecule has 0 aromatic carbocycles. The van der Waals surface area contributed by atoms with E-state index >= 15 is 0 Å². The number of ether oxygens (including phenoxy) is 1. The van der Waals surface area contributed by atoms with Crippen molar-refractivity contribution in [2.45, 2.75) is 32.1 Å². The standard InChI is InChI=1S/C11H13F2NO2/c1-2-16-10(15)8-5-7-3-4-11(12,13)6-9(7)14-8/h5,14H,2-4,6H2,1H3. The van der Waals surface area contributed by atoms with Gasteiger partial charge < -0.3 is 9.72 Å². The van der Waals surface area contributed by atoms with Crippen LogP contribution in [0, 0.1) is 0 Å². The Kier molecular flexibility index (Phi) is 2.69. The van der Waals surface area contributed by atoms with Gasteiger partial charge in [0.15, 0.2) is 0 Å². The van der Waals surface area contributed by atoms with Gasteiger partial charge in [-0.05, 0) is 25.0 Å². The lowest BCUT2D eigenvalue weighted by Crippen LogP contribution is -2.25. The molecule has 1 aromatic rings. The Morgan fingerprint density at radius 2 is 2.38 bits per heavy atom. The first-order valence-corrected chi connectivity index (χ1v) is 5.27. The second-order valence-electron chi connectivity index (χ2n) is 3.94. The van der Waals surface area contributed by atoms with Crippen LogP contribution in [0.2, 0.25) is 0 Å². The third kappa shape index (κ3) is 2.08. The fourth-order valence-electron chi connectivity index (χ4n) is 1.90. The number of aromatic nitrogens is 1. The van der Waals surface area contributed by atoms with E-state index in [2.05, 4.69) is 4.98 Å². The summed E-state index contributed by atoms with van der Waals surface area (Å²) in [6.07, 6.45) is -0.167. The summed E-state index contributed by atoms with van der Waals surface area (Å²) in [4.78, 5) is 14.1. The second-order valence-corrected chi connectivity index (χ2v) is 3.94. The maximum Gasteiger partial charge on any atom is 0.354 e. The van der Waals surface area contributed by atoms with Crippen molar-refractivity contribution in [1.82, 2.24) is 4.98 Å². The summed E-state index contributed by atoms with van der Waals surface area (Å²) in [6, 6.07) is 1.61. The normalized spacial score (nSPS) is 17.9. The molecule has 16 heavy (non-hydrogen) atoms. The molecule has 1 N–H and O–H groups in total. The van der Waals surface area contributed by atoms with E-state index in [0.717, 1.165) is 5.56 Å². The van der Waals surface area contributed by atoms with Crippen molar-refractivity contribution in [1.29, 1.82) is 0 Å². The lowest BCUT2D eigenvalue weighted by atomic mass is 9.95. The molecule has 0 saturated carbocycles. The van der Waals surface area contributed by atoms with Gasteiger partial charge in [0.1, 0.15) is 5.69 Å². The summed E-state index contributed by atoms with van der Waals surface area (Å²) in [5.74, 6) is -3.15. The Morgan fingerprint density at radius 1 is 1.62 bits per heavy atom. The van der Waals surface area contributed by atoms with Gasteiger partial charge in [-0.1, -0.05) is 0 Å². The molecule has 0 unspecified atom stereocenters. The molecule has 0 saturated heterocycles. The van der Waals surface area contributed by atoms with Gasteiger partial charge in [0.2, 0.25) is 0 Å². The van der Waals surface area contributed by atoms with Gasteiger partial charge in [0, 0.05) is 12.1 Å². The van der Waals surface area contributed by atoms with Gasteiger partial charge in [-0.3, -0.25) is 0 Å². The minimum absolute atomic E-state index is 0.153. The van der Waals surface area contributed by atoms with Crippen molar-refractivity contribution < 1.29 is 18.3 Å². The Labute approximate surface area is 91.8 Å². The molecule has 0 fully saturated rings. The van der Waals surface area contributed by atoms with E-state index in [-0.39, 0.29) is 25.1 Å². The van der Waals surface area contributed by atoms with Crippen LogP contribution in [-0.2, 0) is 17.6 Å². The largest absolute Gasteiger partial charge is 0.461 e. The van der Waals surface area contributed by atoms with Crippen molar-refractivity contribution in [2.24, 2.45) is 0 Å². The number of aryl methyl sites for hydroxylation is 1. The molecule has 1 aromatic heterocycles. The van der Waals surface area contributed by atoms with Gasteiger partial charge in [0.05, 0.1) is 13.0 Å². The van der Waals surface area contributed by atoms with Gasteiger partial charge in [-0.2, -0.15) is 0 Å². The number of esters is 1. The van der Waals surface area contributed by atoms with Crippen LogP contribution in [-0.4, -0.2) is 23.5 Å². The quantitative estimate of drug-likeness (QED) is 0.791. The second kappa shape index (κ2) is 3.88. The zero-order valence-electron chi connectivity index (χ0n) is 8.98. The smallest absolute Gasteiger partial charge is 0.354 e. The number of nitrogens with one attached hydrogen (secondary N) is 1. The van der Waals surface area contributed by atoms with Crippen molar-refractivity contribution in [3.05, 3.63) is 23.0 Å². The number of aromatic amines is 1. The highest BCUT2D eigenvalue weighted by molar-refractivity contribution is 5.87. The van der Waals surface area contributed by atoms with Crippen LogP contribution in [0.4, 0.5) is 8.78 Å². The maximum atomic E-state index is 13.1. The van der Waals surface area contributed by atoms with E-state index < -0.39 is 11.9 Å². The molecule has 0 aliphatic heterocycles. The molecule has 3 nitrogen and oxygen atoms in total. The van der Waals surface area contributed by atoms with Crippen molar-refractivity contribution >= 4 is 5.97 Å². The van der Waals surface area contributed by atoms with E-state index in [0.29, 0.717) is 12.1 Å². The van der Waals surface area contributed by atoms with E-state index in [4.69, 9.17) is 4.74 Å². The fourth-order valence-corrected chi connectivity index (χ4v) is 1.90. The number of rotatable bonds is 2. The number of alkyl halides is 2. The zero-order chi connectivity index (χ0) is 11.8.